The van der Waals surface area contributed by atoms with Gasteiger partial charge in [0, 0.05) is 38.2 Å². The van der Waals surface area contributed by atoms with Crippen LogP contribution in [-0.4, -0.2) is 41.7 Å². The van der Waals surface area contributed by atoms with Gasteiger partial charge in [0.1, 0.15) is 11.6 Å². The summed E-state index contributed by atoms with van der Waals surface area (Å²) < 4.78 is 5.74. The monoisotopic (exact) mass is 450 g/mol. The van der Waals surface area contributed by atoms with E-state index in [0.29, 0.717) is 5.69 Å². The van der Waals surface area contributed by atoms with Gasteiger partial charge in [-0.1, -0.05) is 32.9 Å². The number of benzene rings is 1. The van der Waals surface area contributed by atoms with Gasteiger partial charge in [-0.25, -0.2) is 9.78 Å². The molecule has 1 aliphatic heterocycles. The van der Waals surface area contributed by atoms with Gasteiger partial charge in [0.25, 0.3) is 0 Å². The first-order valence-corrected chi connectivity index (χ1v) is 11.3. The average molecular weight is 451 g/mol. The van der Waals surface area contributed by atoms with Crippen LogP contribution in [0.1, 0.15) is 48.7 Å². The molecule has 0 amide bonds. The van der Waals surface area contributed by atoms with E-state index in [4.69, 9.17) is 9.84 Å². The van der Waals surface area contributed by atoms with Gasteiger partial charge in [0.05, 0.1) is 24.1 Å². The molecule has 176 valence electrons. The highest BCUT2D eigenvalue weighted by Crippen LogP contribution is 2.31. The van der Waals surface area contributed by atoms with Gasteiger partial charge >= 0.3 is 5.97 Å². The first-order chi connectivity index (χ1) is 16.0. The topological polar surface area (TPSA) is 87.6 Å². The van der Waals surface area contributed by atoms with Crippen LogP contribution in [-0.2, 0) is 12.8 Å². The Morgan fingerprint density at radius 2 is 1.97 bits per heavy atom. The lowest BCUT2D eigenvalue weighted by molar-refractivity contribution is 0.0698. The molecule has 0 aliphatic carbocycles. The van der Waals surface area contributed by atoms with E-state index in [-0.39, 0.29) is 5.56 Å². The summed E-state index contributed by atoms with van der Waals surface area (Å²) in [5.41, 5.74) is 4.45. The number of aromatic carboxylic acids is 1. The second-order valence-electron chi connectivity index (χ2n) is 7.16. The van der Waals surface area contributed by atoms with Crippen molar-refractivity contribution in [3.63, 3.8) is 0 Å². The molecule has 0 spiro atoms. The Bertz CT molecular complexity index is 1020. The Hall–Kier alpha value is -3.61. The maximum Gasteiger partial charge on any atom is 0.337 e. The van der Waals surface area contributed by atoms with Gasteiger partial charge in [-0.3, -0.25) is 4.98 Å². The van der Waals surface area contributed by atoms with Crippen LogP contribution in [0, 0.1) is 0 Å². The van der Waals surface area contributed by atoms with E-state index in [1.807, 2.05) is 27.1 Å². The van der Waals surface area contributed by atoms with Gasteiger partial charge in [0.15, 0.2) is 0 Å². The predicted molar refractivity (Wildman–Crippen MR) is 134 cm³/mol. The molecule has 33 heavy (non-hydrogen) atoms. The van der Waals surface area contributed by atoms with Crippen LogP contribution >= 0.6 is 0 Å². The zero-order valence-corrected chi connectivity index (χ0v) is 20.1. The Labute approximate surface area is 196 Å². The lowest BCUT2D eigenvalue weighted by atomic mass is 10.1. The Morgan fingerprint density at radius 3 is 2.58 bits per heavy atom. The van der Waals surface area contributed by atoms with Crippen LogP contribution < -0.4 is 15.0 Å². The van der Waals surface area contributed by atoms with Crippen molar-refractivity contribution in [2.45, 2.75) is 40.0 Å². The van der Waals surface area contributed by atoms with E-state index in [1.165, 1.54) is 29.6 Å². The normalized spacial score (nSPS) is 11.4. The van der Waals surface area contributed by atoms with Gasteiger partial charge in [-0.15, -0.1) is 0 Å². The molecule has 0 saturated heterocycles. The lowest BCUT2D eigenvalue weighted by Gasteiger charge is -2.22. The fourth-order valence-corrected chi connectivity index (χ4v) is 3.27. The first kappa shape index (κ1) is 25.6. The van der Waals surface area contributed by atoms with Gasteiger partial charge in [-0.05, 0) is 48.6 Å². The molecule has 0 fully saturated rings. The zero-order chi connectivity index (χ0) is 24.2. The summed E-state index contributed by atoms with van der Waals surface area (Å²) in [4.78, 5) is 20.9. The highest BCUT2D eigenvalue weighted by Gasteiger charge is 2.13. The third-order valence-corrected chi connectivity index (χ3v) is 5.17. The third kappa shape index (κ3) is 6.94. The quantitative estimate of drug-likeness (QED) is 0.524. The number of ether oxygens (including phenoxy) is 1. The fourth-order valence-electron chi connectivity index (χ4n) is 3.27. The number of hydrogen-bond donors (Lipinski definition) is 2. The summed E-state index contributed by atoms with van der Waals surface area (Å²) in [6.45, 7) is 6.96. The second kappa shape index (κ2) is 13.1. The molecule has 3 heterocycles. The molecule has 0 unspecified atom stereocenters. The standard InChI is InChI=1S/C17H20N2O.C7H8N2O2.C2H6/c1-3-13-6-9-17(18-12-13)19(2)15-8-7-14-5-4-10-20-16(14)11-15;1-8-6-4-9-3-2-5(6)7(10)11;1-2/h6-9,11-12H,3-5,10H2,1-2H3;2-4,8H,1H3,(H,10,11);1-2H3. The number of fused-ring (bicyclic) bond motifs is 1. The number of nitrogens with zero attached hydrogens (tertiary/aromatic N) is 3. The number of rotatable bonds is 5. The first-order valence-electron chi connectivity index (χ1n) is 11.3. The highest BCUT2D eigenvalue weighted by atomic mass is 16.5. The molecule has 0 radical (unpaired) electrons. The molecule has 1 aliphatic rings. The van der Waals surface area contributed by atoms with Crippen molar-refractivity contribution in [3.8, 4) is 5.75 Å². The van der Waals surface area contributed by atoms with E-state index < -0.39 is 5.97 Å². The van der Waals surface area contributed by atoms with Crippen molar-refractivity contribution in [2.24, 2.45) is 0 Å². The molecular weight excluding hydrogens is 416 g/mol. The van der Waals surface area contributed by atoms with Crippen molar-refractivity contribution < 1.29 is 14.6 Å². The molecule has 2 aromatic heterocycles. The second-order valence-corrected chi connectivity index (χ2v) is 7.16. The van der Waals surface area contributed by atoms with Crippen LogP contribution in [0.5, 0.6) is 5.75 Å². The van der Waals surface area contributed by atoms with Crippen molar-refractivity contribution in [3.05, 3.63) is 71.7 Å². The Morgan fingerprint density at radius 1 is 1.18 bits per heavy atom. The van der Waals surface area contributed by atoms with Crippen molar-refractivity contribution in [1.29, 1.82) is 0 Å². The number of carboxylic acids is 1. The van der Waals surface area contributed by atoms with Crippen LogP contribution in [0.15, 0.2) is 55.0 Å². The summed E-state index contributed by atoms with van der Waals surface area (Å²) >= 11 is 0. The predicted octanol–water partition coefficient (Wildman–Crippen LogP) is 5.58. The van der Waals surface area contributed by atoms with E-state index in [9.17, 15) is 4.79 Å². The average Bonchev–Trinajstić information content (AvgIpc) is 2.89. The summed E-state index contributed by atoms with van der Waals surface area (Å²) in [7, 11) is 3.70. The highest BCUT2D eigenvalue weighted by molar-refractivity contribution is 5.93. The van der Waals surface area contributed by atoms with E-state index in [0.717, 1.165) is 43.1 Å². The minimum atomic E-state index is -0.947. The SMILES string of the molecule is CC.CCc1ccc(N(C)c2ccc3c(c2)OCCC3)nc1.CNc1cnccc1C(=O)O. The van der Waals surface area contributed by atoms with E-state index in [1.54, 1.807) is 7.05 Å². The molecule has 1 aromatic carbocycles. The molecule has 4 rings (SSSR count). The number of nitrogens with one attached hydrogen (secondary N) is 1. The van der Waals surface area contributed by atoms with Crippen LogP contribution in [0.3, 0.4) is 0 Å². The summed E-state index contributed by atoms with van der Waals surface area (Å²) in [5.74, 6) is 1.03. The largest absolute Gasteiger partial charge is 0.493 e. The molecular formula is C26H34N4O3. The fraction of sp³-hybridized carbons (Fsp3) is 0.346. The molecule has 0 saturated carbocycles. The van der Waals surface area contributed by atoms with Crippen molar-refractivity contribution >= 4 is 23.2 Å². The molecule has 2 N–H and O–H groups in total. The van der Waals surface area contributed by atoms with E-state index >= 15 is 0 Å². The van der Waals surface area contributed by atoms with Crippen LogP contribution in [0.2, 0.25) is 0 Å². The minimum Gasteiger partial charge on any atom is -0.493 e. The number of aromatic nitrogens is 2. The summed E-state index contributed by atoms with van der Waals surface area (Å²) in [5, 5.41) is 11.4. The van der Waals surface area contributed by atoms with Crippen molar-refractivity contribution in [1.82, 2.24) is 9.97 Å². The summed E-state index contributed by atoms with van der Waals surface area (Å²) in [6, 6.07) is 12.1. The van der Waals surface area contributed by atoms with Crippen molar-refractivity contribution in [2.75, 3.05) is 30.9 Å². The number of aryl methyl sites for hydroxylation is 2. The minimum absolute atomic E-state index is 0.238. The molecule has 3 aromatic rings. The molecule has 0 bridgehead atoms. The molecule has 0 atom stereocenters. The van der Waals surface area contributed by atoms with Gasteiger partial charge < -0.3 is 20.1 Å². The lowest BCUT2D eigenvalue weighted by Crippen LogP contribution is -2.13. The van der Waals surface area contributed by atoms with Gasteiger partial charge in [0.2, 0.25) is 0 Å². The van der Waals surface area contributed by atoms with Crippen LogP contribution in [0.4, 0.5) is 17.2 Å². The third-order valence-electron chi connectivity index (χ3n) is 5.17. The maximum absolute atomic E-state index is 10.5. The number of anilines is 3. The number of pyridine rings is 2. The van der Waals surface area contributed by atoms with Gasteiger partial charge in [-0.2, -0.15) is 0 Å². The molecule has 7 heteroatoms. The van der Waals surface area contributed by atoms with E-state index in [2.05, 4.69) is 57.4 Å². The summed E-state index contributed by atoms with van der Waals surface area (Å²) in [6.07, 6.45) is 8.11. The smallest absolute Gasteiger partial charge is 0.337 e. The number of carboxylic acid groups (broad SMARTS) is 1. The number of carbonyl (C=O) groups is 1. The zero-order valence-electron chi connectivity index (χ0n) is 20.1. The Balaban J connectivity index is 0.000000252. The maximum atomic E-state index is 10.5. The van der Waals surface area contributed by atoms with Crippen LogP contribution in [0.25, 0.3) is 0 Å². The number of hydrogen-bond acceptors (Lipinski definition) is 6. The Kier molecular flexibility index (Phi) is 10.1. The molecule has 7 nitrogen and oxygen atoms in total.